The summed E-state index contributed by atoms with van der Waals surface area (Å²) in [6.07, 6.45) is 12.5. The van der Waals surface area contributed by atoms with Crippen LogP contribution in [0.1, 0.15) is 5.56 Å². The molecule has 10 rings (SSSR count). The Morgan fingerprint density at radius 1 is 0.558 bits per heavy atom. The molecule has 0 atom stereocenters. The van der Waals surface area contributed by atoms with E-state index in [4.69, 9.17) is 9.97 Å². The van der Waals surface area contributed by atoms with Crippen LogP contribution in [0.3, 0.4) is 0 Å². The minimum Gasteiger partial charge on any atom is -0.337 e. The Labute approximate surface area is 305 Å². The third-order valence-electron chi connectivity index (χ3n) is 10.1. The average molecular weight is 685 g/mol. The molecule has 0 bridgehead atoms. The van der Waals surface area contributed by atoms with Gasteiger partial charge in [-0.3, -0.25) is 9.97 Å². The molecule has 5 heteroatoms. The zero-order chi connectivity index (χ0) is 34.6. The largest absolute Gasteiger partial charge is 0.337 e. The molecule has 1 aliphatic rings. The van der Waals surface area contributed by atoms with Crippen molar-refractivity contribution in [1.82, 2.24) is 14.5 Å². The number of allylic oxidation sites excluding steroid dienone is 4. The van der Waals surface area contributed by atoms with Gasteiger partial charge in [0.05, 0.1) is 31.8 Å². The van der Waals surface area contributed by atoms with Gasteiger partial charge in [0.1, 0.15) is 0 Å². The highest BCUT2D eigenvalue weighted by molar-refractivity contribution is 7.25. The monoisotopic (exact) mass is 684 g/mol. The molecule has 0 radical (unpaired) electrons. The molecular weight excluding hydrogens is 653 g/mol. The van der Waals surface area contributed by atoms with Gasteiger partial charge in [-0.25, -0.2) is 0 Å². The fraction of sp³-hybridized carbons (Fsp3) is 0.0213. The summed E-state index contributed by atoms with van der Waals surface area (Å²) in [5.74, 6) is 0. The number of benzene rings is 5. The summed E-state index contributed by atoms with van der Waals surface area (Å²) in [7, 11) is 0. The minimum atomic E-state index is 0.761. The molecule has 0 aliphatic carbocycles. The van der Waals surface area contributed by atoms with Crippen molar-refractivity contribution >= 4 is 70.3 Å². The van der Waals surface area contributed by atoms with Gasteiger partial charge < -0.3 is 9.47 Å². The first kappa shape index (κ1) is 30.3. The summed E-state index contributed by atoms with van der Waals surface area (Å²) in [5.41, 5.74) is 11.9. The van der Waals surface area contributed by atoms with E-state index in [1.807, 2.05) is 12.4 Å². The maximum atomic E-state index is 4.97. The lowest BCUT2D eigenvalue weighted by Gasteiger charge is -2.26. The van der Waals surface area contributed by atoms with Gasteiger partial charge in [0.15, 0.2) is 0 Å². The molecule has 246 valence electrons. The van der Waals surface area contributed by atoms with Crippen LogP contribution in [0.2, 0.25) is 0 Å². The standard InChI is InChI=1S/C47H32N4S/c1-31-13-5-4-12-24-50(34-14-6-2-7-15-34)43-22-20-32(25-37(31)43)41-27-39-40-28-42(49-30-47(40)52-46(39)29-48-41)33-21-23-45-38(26-33)36-18-10-11-19-44(36)51(45)35-16-8-3-9-17-35/h2-23,25-30H,1,24H2/b12-4-,13-5-. The molecule has 9 aromatic rings. The Kier molecular flexibility index (Phi) is 7.18. The van der Waals surface area contributed by atoms with Crippen LogP contribution in [0.5, 0.6) is 0 Å². The van der Waals surface area contributed by atoms with Crippen LogP contribution < -0.4 is 4.90 Å². The summed E-state index contributed by atoms with van der Waals surface area (Å²) >= 11 is 1.74. The summed E-state index contributed by atoms with van der Waals surface area (Å²) in [5, 5.41) is 4.83. The van der Waals surface area contributed by atoms with E-state index in [1.165, 1.54) is 32.6 Å². The molecule has 0 unspecified atom stereocenters. The highest BCUT2D eigenvalue weighted by Crippen LogP contribution is 2.40. The Balaban J connectivity index is 1.07. The fourth-order valence-corrected chi connectivity index (χ4v) is 8.54. The number of thiophene rings is 1. The van der Waals surface area contributed by atoms with Crippen molar-refractivity contribution in [2.75, 3.05) is 11.4 Å². The summed E-state index contributed by atoms with van der Waals surface area (Å²) in [6, 6.07) is 47.6. The lowest BCUT2D eigenvalue weighted by atomic mass is 9.98. The Bertz CT molecular complexity index is 2900. The molecule has 0 fully saturated rings. The van der Waals surface area contributed by atoms with Crippen LogP contribution in [0, 0.1) is 0 Å². The van der Waals surface area contributed by atoms with Crippen LogP contribution >= 0.6 is 11.3 Å². The van der Waals surface area contributed by atoms with Gasteiger partial charge >= 0.3 is 0 Å². The van der Waals surface area contributed by atoms with Crippen molar-refractivity contribution in [3.63, 3.8) is 0 Å². The van der Waals surface area contributed by atoms with Gasteiger partial charge in [-0.05, 0) is 72.3 Å². The highest BCUT2D eigenvalue weighted by Gasteiger charge is 2.18. The van der Waals surface area contributed by atoms with Crippen molar-refractivity contribution in [3.05, 3.63) is 182 Å². The Morgan fingerprint density at radius 3 is 1.94 bits per heavy atom. The molecule has 52 heavy (non-hydrogen) atoms. The molecule has 0 spiro atoms. The van der Waals surface area contributed by atoms with E-state index in [0.717, 1.165) is 66.7 Å². The molecule has 5 aromatic carbocycles. The molecule has 0 amide bonds. The Hall–Kier alpha value is -6.56. The fourth-order valence-electron chi connectivity index (χ4n) is 7.54. The SMILES string of the molecule is C=C1/C=C\C=C/CN(c2ccccc2)c2ccc(-c3cc4c(cn3)sc3cnc(-c5ccc6c(c5)c5ccccc5n6-c5ccccc5)cc34)cc21. The third kappa shape index (κ3) is 5.05. The molecule has 0 saturated carbocycles. The minimum absolute atomic E-state index is 0.761. The van der Waals surface area contributed by atoms with Crippen LogP contribution in [0.25, 0.3) is 75.8 Å². The number of aromatic nitrogens is 3. The third-order valence-corrected chi connectivity index (χ3v) is 11.1. The molecule has 0 saturated heterocycles. The number of nitrogens with zero attached hydrogens (tertiary/aromatic N) is 4. The number of anilines is 2. The first-order valence-electron chi connectivity index (χ1n) is 17.5. The number of rotatable bonds is 4. The van der Waals surface area contributed by atoms with Gasteiger partial charge in [-0.2, -0.15) is 0 Å². The number of pyridine rings is 2. The zero-order valence-corrected chi connectivity index (χ0v) is 29.1. The van der Waals surface area contributed by atoms with Crippen LogP contribution in [-0.4, -0.2) is 21.1 Å². The van der Waals surface area contributed by atoms with E-state index in [0.29, 0.717) is 0 Å². The lowest BCUT2D eigenvalue weighted by molar-refractivity contribution is 1.09. The zero-order valence-electron chi connectivity index (χ0n) is 28.3. The summed E-state index contributed by atoms with van der Waals surface area (Å²) < 4.78 is 4.65. The first-order chi connectivity index (χ1) is 25.7. The number of fused-ring (bicyclic) bond motifs is 7. The van der Waals surface area contributed by atoms with E-state index in [9.17, 15) is 0 Å². The van der Waals surface area contributed by atoms with Gasteiger partial charge in [-0.15, -0.1) is 11.3 Å². The van der Waals surface area contributed by atoms with Crippen LogP contribution in [0.15, 0.2) is 177 Å². The van der Waals surface area contributed by atoms with Gasteiger partial charge in [0.25, 0.3) is 0 Å². The highest BCUT2D eigenvalue weighted by atomic mass is 32.1. The van der Waals surface area contributed by atoms with Crippen molar-refractivity contribution in [3.8, 4) is 28.2 Å². The molecule has 0 N–H and O–H groups in total. The van der Waals surface area contributed by atoms with Crippen molar-refractivity contribution < 1.29 is 0 Å². The normalized spacial score (nSPS) is 14.4. The maximum Gasteiger partial charge on any atom is 0.0709 e. The average Bonchev–Trinajstić information content (AvgIpc) is 3.76. The van der Waals surface area contributed by atoms with E-state index in [-0.39, 0.29) is 0 Å². The predicted molar refractivity (Wildman–Crippen MR) is 221 cm³/mol. The topological polar surface area (TPSA) is 34.0 Å². The number of hydrogen-bond acceptors (Lipinski definition) is 4. The van der Waals surface area contributed by atoms with E-state index < -0.39 is 0 Å². The smallest absolute Gasteiger partial charge is 0.0709 e. The van der Waals surface area contributed by atoms with Gasteiger partial charge in [-0.1, -0.05) is 97.6 Å². The van der Waals surface area contributed by atoms with E-state index in [1.54, 1.807) is 11.3 Å². The van der Waals surface area contributed by atoms with Crippen LogP contribution in [-0.2, 0) is 0 Å². The van der Waals surface area contributed by atoms with Crippen molar-refractivity contribution in [1.29, 1.82) is 0 Å². The quantitative estimate of drug-likeness (QED) is 0.185. The molecule has 5 heterocycles. The number of para-hydroxylation sites is 3. The second kappa shape index (κ2) is 12.3. The van der Waals surface area contributed by atoms with E-state index >= 15 is 0 Å². The van der Waals surface area contributed by atoms with Gasteiger partial charge in [0.2, 0.25) is 0 Å². The Morgan fingerprint density at radius 2 is 1.19 bits per heavy atom. The molecule has 4 nitrogen and oxygen atoms in total. The second-order valence-electron chi connectivity index (χ2n) is 13.1. The summed E-state index contributed by atoms with van der Waals surface area (Å²) in [4.78, 5) is 12.3. The van der Waals surface area contributed by atoms with Crippen molar-refractivity contribution in [2.24, 2.45) is 0 Å². The first-order valence-corrected chi connectivity index (χ1v) is 18.3. The molecule has 4 aromatic heterocycles. The maximum absolute atomic E-state index is 4.97. The lowest BCUT2D eigenvalue weighted by Crippen LogP contribution is -2.18. The molecular formula is C47H32N4S. The van der Waals surface area contributed by atoms with E-state index in [2.05, 4.69) is 174 Å². The van der Waals surface area contributed by atoms with Crippen LogP contribution in [0.4, 0.5) is 11.4 Å². The number of hydrogen-bond donors (Lipinski definition) is 0. The predicted octanol–water partition coefficient (Wildman–Crippen LogP) is 12.6. The molecule has 1 aliphatic heterocycles. The summed E-state index contributed by atoms with van der Waals surface area (Å²) in [6.45, 7) is 5.22. The van der Waals surface area contributed by atoms with Gasteiger partial charge in [0, 0.05) is 74.2 Å². The second-order valence-corrected chi connectivity index (χ2v) is 14.2. The van der Waals surface area contributed by atoms with Crippen molar-refractivity contribution in [2.45, 2.75) is 0 Å².